The number of carbonyl (C=O) groups excluding carboxylic acids is 3. The first-order valence-corrected chi connectivity index (χ1v) is 10.4. The summed E-state index contributed by atoms with van der Waals surface area (Å²) in [6.07, 6.45) is 0.281. The van der Waals surface area contributed by atoms with Crippen LogP contribution in [0.25, 0.3) is 11.4 Å². The standard InChI is InChI=1S/C24H23N3O5/c1-14(2)12-19(27-22(28)17-6-4-5-7-18(17)23(27)29)24(30)31-13-20-25-21(26-32-20)16-10-8-15(3)9-11-16/h4-11,14,19H,12-13H2,1-3H3. The van der Waals surface area contributed by atoms with Crippen LogP contribution in [0.2, 0.25) is 0 Å². The highest BCUT2D eigenvalue weighted by atomic mass is 16.6. The molecular weight excluding hydrogens is 410 g/mol. The van der Waals surface area contributed by atoms with E-state index in [1.807, 2.05) is 45.0 Å². The molecule has 1 unspecified atom stereocenters. The number of fused-ring (bicyclic) bond motifs is 1. The molecule has 1 aliphatic heterocycles. The molecule has 0 saturated heterocycles. The molecule has 0 bridgehead atoms. The molecule has 0 aliphatic carbocycles. The third-order valence-electron chi connectivity index (χ3n) is 5.22. The van der Waals surface area contributed by atoms with E-state index in [2.05, 4.69) is 10.1 Å². The Bertz CT molecular complexity index is 1130. The number of imide groups is 1. The number of ether oxygens (including phenoxy) is 1. The van der Waals surface area contributed by atoms with Crippen LogP contribution in [0.1, 0.15) is 52.4 Å². The highest BCUT2D eigenvalue weighted by Gasteiger charge is 2.43. The maximum Gasteiger partial charge on any atom is 0.329 e. The molecule has 2 aromatic carbocycles. The summed E-state index contributed by atoms with van der Waals surface area (Å²) < 4.78 is 10.6. The van der Waals surface area contributed by atoms with Gasteiger partial charge in [-0.15, -0.1) is 0 Å². The van der Waals surface area contributed by atoms with Gasteiger partial charge in [-0.05, 0) is 31.4 Å². The van der Waals surface area contributed by atoms with Crippen molar-refractivity contribution in [2.24, 2.45) is 5.92 Å². The smallest absolute Gasteiger partial charge is 0.329 e. The van der Waals surface area contributed by atoms with Gasteiger partial charge in [-0.1, -0.05) is 61.0 Å². The van der Waals surface area contributed by atoms with Crippen LogP contribution in [-0.4, -0.2) is 38.9 Å². The van der Waals surface area contributed by atoms with Crippen LogP contribution < -0.4 is 0 Å². The van der Waals surface area contributed by atoms with E-state index in [9.17, 15) is 14.4 Å². The van der Waals surface area contributed by atoms with E-state index >= 15 is 0 Å². The molecule has 4 rings (SSSR count). The van der Waals surface area contributed by atoms with Crippen molar-refractivity contribution in [3.8, 4) is 11.4 Å². The van der Waals surface area contributed by atoms with Gasteiger partial charge in [0.15, 0.2) is 6.61 Å². The molecule has 164 valence electrons. The summed E-state index contributed by atoms with van der Waals surface area (Å²) in [4.78, 5) is 43.9. The number of aryl methyl sites for hydroxylation is 1. The fraction of sp³-hybridized carbons (Fsp3) is 0.292. The molecule has 2 amide bonds. The van der Waals surface area contributed by atoms with E-state index in [0.29, 0.717) is 17.0 Å². The lowest BCUT2D eigenvalue weighted by Crippen LogP contribution is -2.46. The zero-order chi connectivity index (χ0) is 22.8. The van der Waals surface area contributed by atoms with E-state index in [0.717, 1.165) is 16.0 Å². The van der Waals surface area contributed by atoms with Crippen LogP contribution in [-0.2, 0) is 16.1 Å². The average molecular weight is 433 g/mol. The van der Waals surface area contributed by atoms with E-state index in [4.69, 9.17) is 9.26 Å². The zero-order valence-corrected chi connectivity index (χ0v) is 18.1. The second-order valence-electron chi connectivity index (χ2n) is 8.16. The summed E-state index contributed by atoms with van der Waals surface area (Å²) in [5.74, 6) is -1.12. The van der Waals surface area contributed by atoms with E-state index in [1.165, 1.54) is 0 Å². The summed E-state index contributed by atoms with van der Waals surface area (Å²) in [6.45, 7) is 5.54. The third-order valence-corrected chi connectivity index (χ3v) is 5.22. The number of benzene rings is 2. The minimum Gasteiger partial charge on any atom is -0.454 e. The van der Waals surface area contributed by atoms with Gasteiger partial charge in [-0.25, -0.2) is 4.79 Å². The van der Waals surface area contributed by atoms with Crippen LogP contribution >= 0.6 is 0 Å². The fourth-order valence-corrected chi connectivity index (χ4v) is 3.61. The van der Waals surface area contributed by atoms with Crippen molar-refractivity contribution in [1.82, 2.24) is 15.0 Å². The number of carbonyl (C=O) groups is 3. The SMILES string of the molecule is Cc1ccc(-c2noc(COC(=O)C(CC(C)C)N3C(=O)c4ccccc4C3=O)n2)cc1. The summed E-state index contributed by atoms with van der Waals surface area (Å²) in [6, 6.07) is 13.1. The largest absolute Gasteiger partial charge is 0.454 e. The molecule has 0 radical (unpaired) electrons. The van der Waals surface area contributed by atoms with Crippen LogP contribution in [0, 0.1) is 12.8 Å². The number of rotatable bonds is 7. The first kappa shape index (κ1) is 21.4. The van der Waals surface area contributed by atoms with E-state index in [-0.39, 0.29) is 24.8 Å². The lowest BCUT2D eigenvalue weighted by atomic mass is 10.0. The number of hydrogen-bond donors (Lipinski definition) is 0. The number of esters is 1. The Labute approximate surface area is 185 Å². The Hall–Kier alpha value is -3.81. The van der Waals surface area contributed by atoms with Crippen molar-refractivity contribution in [2.45, 2.75) is 39.8 Å². The molecular formula is C24H23N3O5. The second kappa shape index (κ2) is 8.74. The average Bonchev–Trinajstić information content (AvgIpc) is 3.34. The van der Waals surface area contributed by atoms with Gasteiger partial charge in [0.05, 0.1) is 11.1 Å². The van der Waals surface area contributed by atoms with Gasteiger partial charge in [-0.2, -0.15) is 4.98 Å². The molecule has 1 aromatic heterocycles. The summed E-state index contributed by atoms with van der Waals surface area (Å²) in [5.41, 5.74) is 2.47. The molecule has 8 nitrogen and oxygen atoms in total. The number of hydrogen-bond acceptors (Lipinski definition) is 7. The molecule has 1 aliphatic rings. The number of aromatic nitrogens is 2. The van der Waals surface area contributed by atoms with Gasteiger partial charge >= 0.3 is 5.97 Å². The quantitative estimate of drug-likeness (QED) is 0.412. The van der Waals surface area contributed by atoms with Crippen molar-refractivity contribution in [2.75, 3.05) is 0 Å². The number of amides is 2. The van der Waals surface area contributed by atoms with Gasteiger partial charge in [0.2, 0.25) is 5.82 Å². The summed E-state index contributed by atoms with van der Waals surface area (Å²) >= 11 is 0. The molecule has 2 heterocycles. The molecule has 8 heteroatoms. The van der Waals surface area contributed by atoms with Gasteiger partial charge in [0, 0.05) is 5.56 Å². The predicted octanol–water partition coefficient (Wildman–Crippen LogP) is 3.80. The van der Waals surface area contributed by atoms with E-state index in [1.54, 1.807) is 24.3 Å². The van der Waals surface area contributed by atoms with Crippen LogP contribution in [0.15, 0.2) is 53.1 Å². The highest BCUT2D eigenvalue weighted by Crippen LogP contribution is 2.27. The number of nitrogens with zero attached hydrogens (tertiary/aromatic N) is 3. The Morgan fingerprint density at radius 2 is 1.66 bits per heavy atom. The minimum atomic E-state index is -1.04. The maximum atomic E-state index is 12.9. The molecule has 3 aromatic rings. The van der Waals surface area contributed by atoms with Crippen molar-refractivity contribution in [3.63, 3.8) is 0 Å². The van der Waals surface area contributed by atoms with Gasteiger partial charge < -0.3 is 9.26 Å². The molecule has 0 saturated carbocycles. The van der Waals surface area contributed by atoms with Crippen molar-refractivity contribution < 1.29 is 23.6 Å². The molecule has 0 N–H and O–H groups in total. The maximum absolute atomic E-state index is 12.9. The monoisotopic (exact) mass is 433 g/mol. The van der Waals surface area contributed by atoms with Crippen LogP contribution in [0.4, 0.5) is 0 Å². The highest BCUT2D eigenvalue weighted by molar-refractivity contribution is 6.22. The van der Waals surface area contributed by atoms with Crippen molar-refractivity contribution >= 4 is 17.8 Å². The Kier molecular flexibility index (Phi) is 5.85. The van der Waals surface area contributed by atoms with Crippen molar-refractivity contribution in [3.05, 3.63) is 71.1 Å². The van der Waals surface area contributed by atoms with Crippen LogP contribution in [0.3, 0.4) is 0 Å². The molecule has 1 atom stereocenters. The second-order valence-corrected chi connectivity index (χ2v) is 8.16. The summed E-state index contributed by atoms with van der Waals surface area (Å²) in [7, 11) is 0. The fourth-order valence-electron chi connectivity index (χ4n) is 3.61. The third kappa shape index (κ3) is 4.16. The van der Waals surface area contributed by atoms with E-state index < -0.39 is 23.8 Å². The van der Waals surface area contributed by atoms with Gasteiger partial charge in [0.1, 0.15) is 6.04 Å². The topological polar surface area (TPSA) is 103 Å². The molecule has 32 heavy (non-hydrogen) atoms. The Morgan fingerprint density at radius 1 is 1.03 bits per heavy atom. The Balaban J connectivity index is 1.48. The zero-order valence-electron chi connectivity index (χ0n) is 18.1. The predicted molar refractivity (Wildman–Crippen MR) is 114 cm³/mol. The first-order valence-electron chi connectivity index (χ1n) is 10.4. The summed E-state index contributed by atoms with van der Waals surface area (Å²) in [5, 5.41) is 3.92. The first-order chi connectivity index (χ1) is 15.3. The lowest BCUT2D eigenvalue weighted by Gasteiger charge is -2.25. The minimum absolute atomic E-state index is 0.0495. The van der Waals surface area contributed by atoms with Gasteiger partial charge in [-0.3, -0.25) is 14.5 Å². The lowest BCUT2D eigenvalue weighted by molar-refractivity contribution is -0.151. The normalized spacial score (nSPS) is 14.1. The Morgan fingerprint density at radius 3 is 2.25 bits per heavy atom. The van der Waals surface area contributed by atoms with Crippen LogP contribution in [0.5, 0.6) is 0 Å². The van der Waals surface area contributed by atoms with Gasteiger partial charge in [0.25, 0.3) is 17.7 Å². The van der Waals surface area contributed by atoms with Crippen molar-refractivity contribution in [1.29, 1.82) is 0 Å². The molecule has 0 fully saturated rings. The molecule has 0 spiro atoms.